The molecule has 1 aromatic carbocycles. The Balaban J connectivity index is 3.30. The Bertz CT molecular complexity index is 484. The molecule has 0 unspecified atom stereocenters. The van der Waals surface area contributed by atoms with Crippen LogP contribution in [0.15, 0.2) is 18.2 Å². The van der Waals surface area contributed by atoms with E-state index in [4.69, 9.17) is 0 Å². The smallest absolute Gasteiger partial charge is 0.387 e. The molecule has 0 atom stereocenters. The molecule has 0 saturated heterocycles. The SMILES string of the molecule is CCN(C(=O)c1cc(C(F)(F)F)ccc1NC)C(C)C. The number of carbonyl (C=O) groups excluding carboxylic acids is 1. The maximum atomic E-state index is 12.8. The molecular formula is C14H19F3N2O. The molecule has 0 spiro atoms. The summed E-state index contributed by atoms with van der Waals surface area (Å²) in [5.74, 6) is -0.405. The van der Waals surface area contributed by atoms with E-state index in [0.717, 1.165) is 12.1 Å². The largest absolute Gasteiger partial charge is 0.416 e. The Labute approximate surface area is 116 Å². The van der Waals surface area contributed by atoms with Gasteiger partial charge in [0.05, 0.1) is 11.1 Å². The molecule has 0 bridgehead atoms. The van der Waals surface area contributed by atoms with Gasteiger partial charge in [0.2, 0.25) is 0 Å². The van der Waals surface area contributed by atoms with E-state index < -0.39 is 17.6 Å². The molecule has 0 aromatic heterocycles. The van der Waals surface area contributed by atoms with Crippen molar-refractivity contribution in [1.82, 2.24) is 4.90 Å². The molecule has 20 heavy (non-hydrogen) atoms. The van der Waals surface area contributed by atoms with Crippen molar-refractivity contribution >= 4 is 11.6 Å². The summed E-state index contributed by atoms with van der Waals surface area (Å²) < 4.78 is 38.3. The highest BCUT2D eigenvalue weighted by Crippen LogP contribution is 2.32. The van der Waals surface area contributed by atoms with E-state index in [-0.39, 0.29) is 11.6 Å². The number of nitrogens with zero attached hydrogens (tertiary/aromatic N) is 1. The third kappa shape index (κ3) is 3.43. The Hall–Kier alpha value is -1.72. The summed E-state index contributed by atoms with van der Waals surface area (Å²) in [5.41, 5.74) is -0.389. The normalized spacial score (nSPS) is 11.6. The van der Waals surface area contributed by atoms with Crippen LogP contribution in [0.25, 0.3) is 0 Å². The van der Waals surface area contributed by atoms with E-state index in [9.17, 15) is 18.0 Å². The molecule has 1 aromatic rings. The lowest BCUT2D eigenvalue weighted by molar-refractivity contribution is -0.137. The second-order valence-corrected chi connectivity index (χ2v) is 4.69. The van der Waals surface area contributed by atoms with Gasteiger partial charge in [0, 0.05) is 25.3 Å². The Morgan fingerprint density at radius 3 is 2.35 bits per heavy atom. The average molecular weight is 288 g/mol. The zero-order valence-electron chi connectivity index (χ0n) is 12.0. The van der Waals surface area contributed by atoms with Crippen LogP contribution in [-0.2, 0) is 6.18 Å². The van der Waals surface area contributed by atoms with Gasteiger partial charge in [0.1, 0.15) is 0 Å². The number of benzene rings is 1. The van der Waals surface area contributed by atoms with Gasteiger partial charge in [0.15, 0.2) is 0 Å². The number of anilines is 1. The van der Waals surface area contributed by atoms with Crippen LogP contribution >= 0.6 is 0 Å². The molecule has 112 valence electrons. The highest BCUT2D eigenvalue weighted by molar-refractivity contribution is 6.00. The van der Waals surface area contributed by atoms with Crippen LogP contribution in [0.2, 0.25) is 0 Å². The van der Waals surface area contributed by atoms with Gasteiger partial charge in [-0.05, 0) is 39.0 Å². The zero-order chi connectivity index (χ0) is 15.5. The molecule has 3 nitrogen and oxygen atoms in total. The molecule has 0 aliphatic carbocycles. The summed E-state index contributed by atoms with van der Waals surface area (Å²) in [5, 5.41) is 2.76. The quantitative estimate of drug-likeness (QED) is 0.917. The number of amides is 1. The van der Waals surface area contributed by atoms with E-state index in [1.807, 2.05) is 13.8 Å². The number of alkyl halides is 3. The Kier molecular flexibility index (Phi) is 5.03. The number of carbonyl (C=O) groups is 1. The van der Waals surface area contributed by atoms with Crippen LogP contribution in [0.5, 0.6) is 0 Å². The van der Waals surface area contributed by atoms with Crippen LogP contribution in [0.1, 0.15) is 36.7 Å². The predicted octanol–water partition coefficient (Wildman–Crippen LogP) is 3.62. The van der Waals surface area contributed by atoms with E-state index in [1.165, 1.54) is 11.0 Å². The van der Waals surface area contributed by atoms with E-state index in [2.05, 4.69) is 5.32 Å². The van der Waals surface area contributed by atoms with E-state index >= 15 is 0 Å². The van der Waals surface area contributed by atoms with Crippen LogP contribution in [0, 0.1) is 0 Å². The highest BCUT2D eigenvalue weighted by atomic mass is 19.4. The number of rotatable bonds is 4. The monoisotopic (exact) mass is 288 g/mol. The molecule has 0 aliphatic heterocycles. The molecule has 0 aliphatic rings. The van der Waals surface area contributed by atoms with Crippen molar-refractivity contribution in [3.8, 4) is 0 Å². The number of nitrogens with one attached hydrogen (secondary N) is 1. The van der Waals surface area contributed by atoms with Crippen LogP contribution in [0.4, 0.5) is 18.9 Å². The Morgan fingerprint density at radius 2 is 1.95 bits per heavy atom. The third-order valence-corrected chi connectivity index (χ3v) is 3.07. The first-order valence-corrected chi connectivity index (χ1v) is 6.42. The lowest BCUT2D eigenvalue weighted by atomic mass is 10.1. The number of halogens is 3. The third-order valence-electron chi connectivity index (χ3n) is 3.07. The number of hydrogen-bond donors (Lipinski definition) is 1. The second kappa shape index (κ2) is 6.15. The first-order chi connectivity index (χ1) is 9.22. The van der Waals surface area contributed by atoms with Crippen molar-refractivity contribution in [2.45, 2.75) is 33.0 Å². The molecule has 0 radical (unpaired) electrons. The maximum Gasteiger partial charge on any atom is 0.416 e. The summed E-state index contributed by atoms with van der Waals surface area (Å²) in [6, 6.07) is 3.07. The first-order valence-electron chi connectivity index (χ1n) is 6.42. The van der Waals surface area contributed by atoms with E-state index in [1.54, 1.807) is 14.0 Å². The summed E-state index contributed by atoms with van der Waals surface area (Å²) in [4.78, 5) is 13.9. The predicted molar refractivity (Wildman–Crippen MR) is 72.8 cm³/mol. The summed E-state index contributed by atoms with van der Waals surface area (Å²) in [7, 11) is 1.57. The second-order valence-electron chi connectivity index (χ2n) is 4.69. The van der Waals surface area contributed by atoms with Gasteiger partial charge in [-0.15, -0.1) is 0 Å². The van der Waals surface area contributed by atoms with Gasteiger partial charge >= 0.3 is 6.18 Å². The molecule has 1 N–H and O–H groups in total. The highest BCUT2D eigenvalue weighted by Gasteiger charge is 2.32. The molecule has 0 heterocycles. The van der Waals surface area contributed by atoms with Crippen molar-refractivity contribution in [3.63, 3.8) is 0 Å². The summed E-state index contributed by atoms with van der Waals surface area (Å²) >= 11 is 0. The van der Waals surface area contributed by atoms with Crippen LogP contribution < -0.4 is 5.32 Å². The average Bonchev–Trinajstić information content (AvgIpc) is 2.37. The first kappa shape index (κ1) is 16.3. The molecule has 6 heteroatoms. The minimum Gasteiger partial charge on any atom is -0.387 e. The van der Waals surface area contributed by atoms with Gasteiger partial charge in [-0.3, -0.25) is 4.79 Å². The Morgan fingerprint density at radius 1 is 1.35 bits per heavy atom. The molecule has 0 fully saturated rings. The topological polar surface area (TPSA) is 32.3 Å². The van der Waals surface area contributed by atoms with Crippen LogP contribution in [-0.4, -0.2) is 30.4 Å². The zero-order valence-corrected chi connectivity index (χ0v) is 12.0. The lowest BCUT2D eigenvalue weighted by Gasteiger charge is -2.26. The molecule has 0 saturated carbocycles. The maximum absolute atomic E-state index is 12.8. The minimum atomic E-state index is -4.46. The van der Waals surface area contributed by atoms with Gasteiger partial charge in [0.25, 0.3) is 5.91 Å². The van der Waals surface area contributed by atoms with Crippen molar-refractivity contribution in [1.29, 1.82) is 0 Å². The molecule has 1 amide bonds. The number of hydrogen-bond acceptors (Lipinski definition) is 2. The van der Waals surface area contributed by atoms with Crippen LogP contribution in [0.3, 0.4) is 0 Å². The summed E-state index contributed by atoms with van der Waals surface area (Å²) in [6.45, 7) is 5.89. The van der Waals surface area contributed by atoms with Crippen molar-refractivity contribution in [2.75, 3.05) is 18.9 Å². The van der Waals surface area contributed by atoms with Gasteiger partial charge in [-0.25, -0.2) is 0 Å². The van der Waals surface area contributed by atoms with Crippen molar-refractivity contribution in [3.05, 3.63) is 29.3 Å². The molecule has 1 rings (SSSR count). The minimum absolute atomic E-state index is 0.0397. The fraction of sp³-hybridized carbons (Fsp3) is 0.500. The van der Waals surface area contributed by atoms with Crippen molar-refractivity contribution in [2.24, 2.45) is 0 Å². The fourth-order valence-electron chi connectivity index (χ4n) is 2.01. The van der Waals surface area contributed by atoms with Gasteiger partial charge in [-0.1, -0.05) is 0 Å². The molecular weight excluding hydrogens is 269 g/mol. The van der Waals surface area contributed by atoms with Gasteiger partial charge < -0.3 is 10.2 Å². The van der Waals surface area contributed by atoms with Crippen molar-refractivity contribution < 1.29 is 18.0 Å². The van der Waals surface area contributed by atoms with E-state index in [0.29, 0.717) is 12.2 Å². The lowest BCUT2D eigenvalue weighted by Crippen LogP contribution is -2.37. The van der Waals surface area contributed by atoms with Gasteiger partial charge in [-0.2, -0.15) is 13.2 Å². The summed E-state index contributed by atoms with van der Waals surface area (Å²) in [6.07, 6.45) is -4.46. The standard InChI is InChI=1S/C14H19F3N2O/c1-5-19(9(2)3)13(20)11-8-10(14(15,16)17)6-7-12(11)18-4/h6-9,18H,5H2,1-4H3. The fourth-order valence-corrected chi connectivity index (χ4v) is 2.01.